The molecule has 122 valence electrons. The maximum atomic E-state index is 12.5. The van der Waals surface area contributed by atoms with Crippen LogP contribution in [0.2, 0.25) is 0 Å². The molecule has 2 atom stereocenters. The Morgan fingerprint density at radius 2 is 1.95 bits per heavy atom. The van der Waals surface area contributed by atoms with Gasteiger partial charge in [0.1, 0.15) is 0 Å². The summed E-state index contributed by atoms with van der Waals surface area (Å²) in [6.07, 6.45) is 8.62. The summed E-state index contributed by atoms with van der Waals surface area (Å²) in [5, 5.41) is 3.24. The number of hydrogen-bond acceptors (Lipinski definition) is 3. The van der Waals surface area contributed by atoms with E-state index in [0.717, 1.165) is 38.7 Å². The Labute approximate surface area is 133 Å². The first kappa shape index (κ1) is 16.9. The molecule has 0 aliphatic carbocycles. The summed E-state index contributed by atoms with van der Waals surface area (Å²) in [6, 6.07) is 4.21. The standard InChI is InChI=1S/C18H28N2O2/c1-3-5-15(6-4-2)18(21)20-17-13-22-12-16(17)11-14-7-9-19-10-8-14/h7-10,15-17H,3-6,11-13H2,1-2H3,(H,20,21). The molecule has 4 heteroatoms. The van der Waals surface area contributed by atoms with Gasteiger partial charge in [0.25, 0.3) is 0 Å². The Morgan fingerprint density at radius 1 is 1.27 bits per heavy atom. The van der Waals surface area contributed by atoms with Crippen molar-refractivity contribution < 1.29 is 9.53 Å². The van der Waals surface area contributed by atoms with E-state index < -0.39 is 0 Å². The lowest BCUT2D eigenvalue weighted by molar-refractivity contribution is -0.126. The van der Waals surface area contributed by atoms with Crippen LogP contribution in [0, 0.1) is 11.8 Å². The monoisotopic (exact) mass is 304 g/mol. The summed E-state index contributed by atoms with van der Waals surface area (Å²) in [5.41, 5.74) is 1.25. The summed E-state index contributed by atoms with van der Waals surface area (Å²) >= 11 is 0. The van der Waals surface area contributed by atoms with E-state index in [4.69, 9.17) is 4.74 Å². The molecule has 4 nitrogen and oxygen atoms in total. The van der Waals surface area contributed by atoms with Gasteiger partial charge in [0, 0.05) is 24.2 Å². The summed E-state index contributed by atoms with van der Waals surface area (Å²) < 4.78 is 5.61. The molecule has 0 spiro atoms. The third-order valence-electron chi connectivity index (χ3n) is 4.42. The molecule has 1 aliphatic rings. The lowest BCUT2D eigenvalue weighted by atomic mass is 9.93. The molecule has 1 amide bonds. The highest BCUT2D eigenvalue weighted by Gasteiger charge is 2.31. The van der Waals surface area contributed by atoms with Crippen LogP contribution < -0.4 is 5.32 Å². The molecule has 1 saturated heterocycles. The maximum Gasteiger partial charge on any atom is 0.223 e. The van der Waals surface area contributed by atoms with E-state index in [1.807, 2.05) is 24.5 Å². The van der Waals surface area contributed by atoms with Crippen molar-refractivity contribution in [2.45, 2.75) is 52.0 Å². The number of nitrogens with zero attached hydrogens (tertiary/aromatic N) is 1. The lowest BCUT2D eigenvalue weighted by Gasteiger charge is -2.22. The van der Waals surface area contributed by atoms with E-state index in [1.165, 1.54) is 5.56 Å². The van der Waals surface area contributed by atoms with Gasteiger partial charge in [-0.2, -0.15) is 0 Å². The van der Waals surface area contributed by atoms with Crippen molar-refractivity contribution in [2.75, 3.05) is 13.2 Å². The summed E-state index contributed by atoms with van der Waals surface area (Å²) in [4.78, 5) is 16.6. The molecule has 1 aliphatic heterocycles. The maximum absolute atomic E-state index is 12.5. The van der Waals surface area contributed by atoms with E-state index in [-0.39, 0.29) is 17.9 Å². The van der Waals surface area contributed by atoms with Gasteiger partial charge in [-0.05, 0) is 37.0 Å². The van der Waals surface area contributed by atoms with Crippen molar-refractivity contribution in [1.29, 1.82) is 0 Å². The van der Waals surface area contributed by atoms with Crippen molar-refractivity contribution in [1.82, 2.24) is 10.3 Å². The zero-order chi connectivity index (χ0) is 15.8. The van der Waals surface area contributed by atoms with Crippen LogP contribution in [0.25, 0.3) is 0 Å². The molecule has 1 aromatic rings. The molecule has 1 N–H and O–H groups in total. The highest BCUT2D eigenvalue weighted by Crippen LogP contribution is 2.21. The molecule has 2 heterocycles. The van der Waals surface area contributed by atoms with E-state index in [2.05, 4.69) is 24.1 Å². The number of hydrogen-bond donors (Lipinski definition) is 1. The Bertz CT molecular complexity index is 444. The van der Waals surface area contributed by atoms with Gasteiger partial charge in [0.05, 0.1) is 19.3 Å². The number of carbonyl (C=O) groups excluding carboxylic acids is 1. The lowest BCUT2D eigenvalue weighted by Crippen LogP contribution is -2.43. The average Bonchev–Trinajstić information content (AvgIpc) is 2.95. The van der Waals surface area contributed by atoms with Crippen molar-refractivity contribution in [3.8, 4) is 0 Å². The molecular formula is C18H28N2O2. The minimum Gasteiger partial charge on any atom is -0.379 e. The SMILES string of the molecule is CCCC(CCC)C(=O)NC1COCC1Cc1ccncc1. The molecular weight excluding hydrogens is 276 g/mol. The van der Waals surface area contributed by atoms with Crippen molar-refractivity contribution in [3.05, 3.63) is 30.1 Å². The molecule has 0 saturated carbocycles. The van der Waals surface area contributed by atoms with Crippen LogP contribution in [0.4, 0.5) is 0 Å². The first-order valence-electron chi connectivity index (χ1n) is 8.51. The van der Waals surface area contributed by atoms with E-state index in [9.17, 15) is 4.79 Å². The summed E-state index contributed by atoms with van der Waals surface area (Å²) in [7, 11) is 0. The number of rotatable bonds is 8. The normalized spacial score (nSPS) is 21.2. The van der Waals surface area contributed by atoms with Crippen LogP contribution in [-0.2, 0) is 16.0 Å². The molecule has 0 aromatic carbocycles. The highest BCUT2D eigenvalue weighted by molar-refractivity contribution is 5.79. The van der Waals surface area contributed by atoms with Gasteiger partial charge in [-0.15, -0.1) is 0 Å². The minimum atomic E-state index is 0.136. The predicted octanol–water partition coefficient (Wildman–Crippen LogP) is 2.97. The molecule has 1 aromatic heterocycles. The Morgan fingerprint density at radius 3 is 2.59 bits per heavy atom. The smallest absolute Gasteiger partial charge is 0.223 e. The predicted molar refractivity (Wildman–Crippen MR) is 87.5 cm³/mol. The molecule has 1 fully saturated rings. The molecule has 0 bridgehead atoms. The van der Waals surface area contributed by atoms with Gasteiger partial charge in [0.15, 0.2) is 0 Å². The minimum absolute atomic E-state index is 0.136. The van der Waals surface area contributed by atoms with Crippen LogP contribution in [0.3, 0.4) is 0 Å². The van der Waals surface area contributed by atoms with Gasteiger partial charge in [0.2, 0.25) is 5.91 Å². The number of aromatic nitrogens is 1. The Hall–Kier alpha value is -1.42. The quantitative estimate of drug-likeness (QED) is 0.803. The van der Waals surface area contributed by atoms with Crippen LogP contribution >= 0.6 is 0 Å². The van der Waals surface area contributed by atoms with Crippen LogP contribution in [0.1, 0.15) is 45.1 Å². The molecule has 0 radical (unpaired) electrons. The Kier molecular flexibility index (Phi) is 6.84. The van der Waals surface area contributed by atoms with E-state index in [0.29, 0.717) is 12.5 Å². The summed E-state index contributed by atoms with van der Waals surface area (Å²) in [6.45, 7) is 5.63. The number of carbonyl (C=O) groups is 1. The van der Waals surface area contributed by atoms with Crippen LogP contribution in [-0.4, -0.2) is 30.1 Å². The second-order valence-corrected chi connectivity index (χ2v) is 6.25. The van der Waals surface area contributed by atoms with Crippen molar-refractivity contribution in [3.63, 3.8) is 0 Å². The first-order chi connectivity index (χ1) is 10.7. The zero-order valence-electron chi connectivity index (χ0n) is 13.8. The fraction of sp³-hybridized carbons (Fsp3) is 0.667. The largest absolute Gasteiger partial charge is 0.379 e. The van der Waals surface area contributed by atoms with Crippen LogP contribution in [0.5, 0.6) is 0 Å². The summed E-state index contributed by atoms with van der Waals surface area (Å²) in [5.74, 6) is 0.714. The topological polar surface area (TPSA) is 51.2 Å². The third kappa shape index (κ3) is 4.80. The van der Waals surface area contributed by atoms with E-state index >= 15 is 0 Å². The van der Waals surface area contributed by atoms with Crippen LogP contribution in [0.15, 0.2) is 24.5 Å². The van der Waals surface area contributed by atoms with Crippen molar-refractivity contribution in [2.24, 2.45) is 11.8 Å². The average molecular weight is 304 g/mol. The fourth-order valence-electron chi connectivity index (χ4n) is 3.18. The van der Waals surface area contributed by atoms with Crippen molar-refractivity contribution >= 4 is 5.91 Å². The number of amides is 1. The van der Waals surface area contributed by atoms with Gasteiger partial charge in [-0.25, -0.2) is 0 Å². The molecule has 2 unspecified atom stereocenters. The van der Waals surface area contributed by atoms with Gasteiger partial charge >= 0.3 is 0 Å². The number of ether oxygens (including phenoxy) is 1. The number of pyridine rings is 1. The fourth-order valence-corrected chi connectivity index (χ4v) is 3.18. The van der Waals surface area contributed by atoms with Gasteiger partial charge in [-0.3, -0.25) is 9.78 Å². The number of nitrogens with one attached hydrogen (secondary N) is 1. The van der Waals surface area contributed by atoms with E-state index in [1.54, 1.807) is 0 Å². The first-order valence-corrected chi connectivity index (χ1v) is 8.51. The third-order valence-corrected chi connectivity index (χ3v) is 4.42. The van der Waals surface area contributed by atoms with Gasteiger partial charge < -0.3 is 10.1 Å². The Balaban J connectivity index is 1.91. The highest BCUT2D eigenvalue weighted by atomic mass is 16.5. The van der Waals surface area contributed by atoms with Gasteiger partial charge in [-0.1, -0.05) is 26.7 Å². The molecule has 22 heavy (non-hydrogen) atoms. The zero-order valence-corrected chi connectivity index (χ0v) is 13.8. The second-order valence-electron chi connectivity index (χ2n) is 6.25. The second kappa shape index (κ2) is 8.89. The molecule has 2 rings (SSSR count).